The number of allylic oxidation sites excluding steroid dienone is 3. The summed E-state index contributed by atoms with van der Waals surface area (Å²) in [6.45, 7) is 4.62. The number of carbonyl (C=O) groups excluding carboxylic acids is 2. The molecule has 1 radical (unpaired) electrons. The Bertz CT molecular complexity index is 780. The van der Waals surface area contributed by atoms with Gasteiger partial charge >= 0.3 is 0 Å². The van der Waals surface area contributed by atoms with Crippen LogP contribution in [0.25, 0.3) is 0 Å². The van der Waals surface area contributed by atoms with Crippen molar-refractivity contribution in [3.63, 3.8) is 0 Å². The zero-order valence-electron chi connectivity index (χ0n) is 15.3. The zero-order valence-corrected chi connectivity index (χ0v) is 17.4. The van der Waals surface area contributed by atoms with Crippen molar-refractivity contribution in [2.45, 2.75) is 19.3 Å². The fraction of sp³-hybridized carbons (Fsp3) is 0.182. The van der Waals surface area contributed by atoms with Gasteiger partial charge in [0, 0.05) is 0 Å². The van der Waals surface area contributed by atoms with Crippen molar-refractivity contribution in [3.8, 4) is 0 Å². The molecular weight excluding hydrogens is 451 g/mol. The highest BCUT2D eigenvalue weighted by Crippen LogP contribution is 2.46. The predicted octanol–water partition coefficient (Wildman–Crippen LogP) is 5.81. The molecule has 0 aliphatic carbocycles. The molecule has 2 aromatic carbocycles. The van der Waals surface area contributed by atoms with Crippen LogP contribution in [0.2, 0.25) is 0 Å². The molecule has 0 atom stereocenters. The Morgan fingerprint density at radius 1 is 0.852 bits per heavy atom. The van der Waals surface area contributed by atoms with Gasteiger partial charge in [-0.1, -0.05) is 108 Å². The van der Waals surface area contributed by atoms with Crippen molar-refractivity contribution in [2.75, 3.05) is 0 Å². The van der Waals surface area contributed by atoms with Gasteiger partial charge in [0.1, 0.15) is 0 Å². The molecule has 2 N–H and O–H groups in total. The van der Waals surface area contributed by atoms with Gasteiger partial charge in [0.2, 0.25) is 12.2 Å². The molecule has 27 heavy (non-hydrogen) atoms. The summed E-state index contributed by atoms with van der Waals surface area (Å²) < 4.78 is 4.07. The van der Waals surface area contributed by atoms with Crippen LogP contribution >= 0.6 is 21.2 Å². The van der Waals surface area contributed by atoms with Crippen molar-refractivity contribution < 1.29 is 9.59 Å². The molecule has 5 heteroatoms. The van der Waals surface area contributed by atoms with E-state index in [1.165, 1.54) is 11.1 Å². The van der Waals surface area contributed by atoms with E-state index in [9.17, 15) is 0 Å². The Hall–Kier alpha value is -2.59. The molecule has 0 saturated carbocycles. The van der Waals surface area contributed by atoms with Crippen molar-refractivity contribution in [1.82, 2.24) is 0 Å². The maximum absolute atomic E-state index is 8.35. The monoisotopic (exact) mass is 473 g/mol. The van der Waals surface area contributed by atoms with E-state index < -0.39 is 0 Å². The topological polar surface area (TPSA) is 81.8 Å². The van der Waals surface area contributed by atoms with Crippen LogP contribution in [-0.2, 0) is 15.0 Å². The van der Waals surface area contributed by atoms with Crippen LogP contribution in [0.1, 0.15) is 25.0 Å². The summed E-state index contributed by atoms with van der Waals surface area (Å²) in [4.78, 5) is 16.7. The molecular formula is C22H22IN2O2. The first-order chi connectivity index (χ1) is 13.1. The maximum atomic E-state index is 8.35. The molecule has 3 rings (SSSR count). The molecule has 0 spiro atoms. The first-order valence-electron chi connectivity index (χ1n) is 8.28. The van der Waals surface area contributed by atoms with E-state index in [0.29, 0.717) is 5.92 Å². The van der Waals surface area contributed by atoms with E-state index >= 15 is 0 Å². The van der Waals surface area contributed by atoms with E-state index in [2.05, 4.69) is 90.7 Å². The first kappa shape index (κ1) is 22.5. The second-order valence-corrected chi connectivity index (χ2v) is 8.48. The molecule has 0 saturated heterocycles. The molecule has 139 valence electrons. The average molecular weight is 473 g/mol. The second-order valence-electron chi connectivity index (χ2n) is 5.89. The highest BCUT2D eigenvalue weighted by molar-refractivity contribution is 14.2. The van der Waals surface area contributed by atoms with Gasteiger partial charge in [0.25, 0.3) is 0 Å². The Balaban J connectivity index is 0.000000540. The van der Waals surface area contributed by atoms with Gasteiger partial charge in [-0.3, -0.25) is 0 Å². The zero-order chi connectivity index (χ0) is 20.1. The second kappa shape index (κ2) is 11.9. The lowest BCUT2D eigenvalue weighted by molar-refractivity contribution is 0.562. The summed E-state index contributed by atoms with van der Waals surface area (Å²) in [6.07, 6.45) is 6.44. The molecule has 0 aromatic heterocycles. The van der Waals surface area contributed by atoms with Gasteiger partial charge < -0.3 is 0 Å². The van der Waals surface area contributed by atoms with Crippen LogP contribution in [0.5, 0.6) is 0 Å². The van der Waals surface area contributed by atoms with Crippen molar-refractivity contribution >= 4 is 33.4 Å². The molecule has 0 unspecified atom stereocenters. The number of halogens is 1. The van der Waals surface area contributed by atoms with E-state index in [4.69, 9.17) is 20.4 Å². The summed E-state index contributed by atoms with van der Waals surface area (Å²) in [6, 6.07) is 21.7. The first-order valence-corrected chi connectivity index (χ1v) is 10.6. The summed E-state index contributed by atoms with van der Waals surface area (Å²) in [5, 5.41) is 10.8. The van der Waals surface area contributed by atoms with E-state index in [1.54, 1.807) is 3.58 Å². The SMILES string of the molecule is CC(C)C1=CC(c2ccccc2)(c2ccccc2)C=C[I]1.N=C=O.N=C=O. The third kappa shape index (κ3) is 6.26. The van der Waals surface area contributed by atoms with E-state index in [0.717, 1.165) is 12.2 Å². The van der Waals surface area contributed by atoms with Gasteiger partial charge in [0.15, 0.2) is 0 Å². The average Bonchev–Trinajstić information content (AvgIpc) is 2.70. The quantitative estimate of drug-likeness (QED) is 0.335. The van der Waals surface area contributed by atoms with Crippen LogP contribution in [0, 0.1) is 16.7 Å². The summed E-state index contributed by atoms with van der Waals surface area (Å²) in [5.41, 5.74) is 2.61. The predicted molar refractivity (Wildman–Crippen MR) is 117 cm³/mol. The van der Waals surface area contributed by atoms with Gasteiger partial charge in [0.05, 0.1) is 5.41 Å². The summed E-state index contributed by atoms with van der Waals surface area (Å²) in [5.74, 6) is 0.634. The molecule has 1 heterocycles. The van der Waals surface area contributed by atoms with Crippen LogP contribution in [0.4, 0.5) is 0 Å². The standard InChI is InChI=1S/C20H20I.2CHNO/c1-16(2)19-15-20(13-14-21-19,17-9-5-3-6-10-17)18-11-7-4-8-12-18;2*2-1-3/h3-16H,1-2H3;2*2H. The third-order valence-corrected chi connectivity index (χ3v) is 6.93. The fourth-order valence-electron chi connectivity index (χ4n) is 2.75. The molecule has 4 nitrogen and oxygen atoms in total. The normalized spacial score (nSPS) is 13.7. The van der Waals surface area contributed by atoms with Gasteiger partial charge in [-0.25, -0.2) is 20.4 Å². The lowest BCUT2D eigenvalue weighted by Gasteiger charge is -2.33. The minimum atomic E-state index is -0.0971. The Kier molecular flexibility index (Phi) is 9.91. The smallest absolute Gasteiger partial charge is 0.222 e. The number of hydrogen-bond donors (Lipinski definition) is 2. The van der Waals surface area contributed by atoms with Crippen LogP contribution in [-0.4, -0.2) is 12.2 Å². The Labute approximate surface area is 170 Å². The number of rotatable bonds is 3. The van der Waals surface area contributed by atoms with Crippen LogP contribution in [0.3, 0.4) is 0 Å². The number of benzene rings is 2. The number of hydrogen-bond acceptors (Lipinski definition) is 4. The fourth-order valence-corrected chi connectivity index (χ4v) is 5.30. The van der Waals surface area contributed by atoms with Gasteiger partial charge in [-0.15, -0.1) is 0 Å². The van der Waals surface area contributed by atoms with E-state index in [-0.39, 0.29) is 26.6 Å². The van der Waals surface area contributed by atoms with E-state index in [1.807, 2.05) is 0 Å². The Morgan fingerprint density at radius 3 is 1.63 bits per heavy atom. The molecule has 0 fully saturated rings. The van der Waals surface area contributed by atoms with Gasteiger partial charge in [-0.05, 0) is 24.7 Å². The third-order valence-electron chi connectivity index (χ3n) is 3.93. The van der Waals surface area contributed by atoms with Crippen LogP contribution in [0.15, 0.2) is 80.5 Å². The minimum Gasteiger partial charge on any atom is -0.222 e. The largest absolute Gasteiger partial charge is 0.231 e. The number of isocyanates is 2. The lowest BCUT2D eigenvalue weighted by Crippen LogP contribution is -2.24. The number of nitrogens with one attached hydrogen (secondary N) is 2. The van der Waals surface area contributed by atoms with Crippen molar-refractivity contribution in [2.24, 2.45) is 5.92 Å². The minimum absolute atomic E-state index is 0.0456. The maximum Gasteiger partial charge on any atom is 0.231 e. The molecule has 0 bridgehead atoms. The molecule has 1 aliphatic heterocycles. The highest BCUT2D eigenvalue weighted by atomic mass is 127. The summed E-state index contributed by atoms with van der Waals surface area (Å²) in [7, 11) is 0. The molecule has 1 aliphatic rings. The molecule has 0 amide bonds. The van der Waals surface area contributed by atoms with Crippen LogP contribution < -0.4 is 0 Å². The lowest BCUT2D eigenvalue weighted by atomic mass is 9.74. The molecule has 2 aromatic rings. The Morgan fingerprint density at radius 2 is 1.26 bits per heavy atom. The summed E-state index contributed by atoms with van der Waals surface area (Å²) >= 11 is 0.0456. The van der Waals surface area contributed by atoms with Crippen molar-refractivity contribution in [3.05, 3.63) is 91.6 Å². The highest BCUT2D eigenvalue weighted by Gasteiger charge is 2.32. The van der Waals surface area contributed by atoms with Crippen molar-refractivity contribution in [1.29, 1.82) is 10.8 Å². The van der Waals surface area contributed by atoms with Gasteiger partial charge in [-0.2, -0.15) is 0 Å².